The van der Waals surface area contributed by atoms with Crippen molar-refractivity contribution in [3.63, 3.8) is 0 Å². The highest BCUT2D eigenvalue weighted by Gasteiger charge is 2.34. The summed E-state index contributed by atoms with van der Waals surface area (Å²) in [6, 6.07) is 53.3. The zero-order valence-electron chi connectivity index (χ0n) is 42.8. The Morgan fingerprint density at radius 3 is 1.20 bits per heavy atom. The van der Waals surface area contributed by atoms with Gasteiger partial charge in [-0.05, 0) is 115 Å². The lowest BCUT2D eigenvalue weighted by atomic mass is 10.1. The van der Waals surface area contributed by atoms with E-state index in [-0.39, 0.29) is 28.6 Å². The van der Waals surface area contributed by atoms with Crippen molar-refractivity contribution >= 4 is 113 Å². The summed E-state index contributed by atoms with van der Waals surface area (Å²) in [5.41, 5.74) is 6.84. The van der Waals surface area contributed by atoms with E-state index in [1.165, 1.54) is 67.1 Å². The number of alkyl halides is 3. The normalized spacial score (nSPS) is 11.2. The number of hydrogen-bond acceptors (Lipinski definition) is 10. The molecule has 0 aliphatic carbocycles. The van der Waals surface area contributed by atoms with Crippen LogP contribution in [-0.2, 0) is 6.18 Å². The van der Waals surface area contributed by atoms with Gasteiger partial charge in [-0.15, -0.1) is 0 Å². The maximum atomic E-state index is 14.5. The number of pyridine rings is 5. The summed E-state index contributed by atoms with van der Waals surface area (Å²) in [4.78, 5) is 29.8. The molecule has 6 aromatic heterocycles. The molecule has 0 fully saturated rings. The number of nitrogens with one attached hydrogen (secondary N) is 3. The van der Waals surface area contributed by atoms with E-state index < -0.39 is 17.6 Å². The Kier molecular flexibility index (Phi) is 16.1. The Bertz CT molecular complexity index is 4530. The van der Waals surface area contributed by atoms with E-state index in [4.69, 9.17) is 34.8 Å². The lowest BCUT2D eigenvalue weighted by Gasteiger charge is -2.16. The monoisotopic (exact) mass is 1170 g/mol. The van der Waals surface area contributed by atoms with Crippen molar-refractivity contribution < 1.29 is 26.3 Å². The van der Waals surface area contributed by atoms with Gasteiger partial charge < -0.3 is 16.0 Å². The summed E-state index contributed by atoms with van der Waals surface area (Å²) in [5, 5.41) is 14.2. The third kappa shape index (κ3) is 12.6. The summed E-state index contributed by atoms with van der Waals surface area (Å²) < 4.78 is 83.2. The molecule has 0 aliphatic rings. The maximum absolute atomic E-state index is 14.5. The first-order valence-corrected chi connectivity index (χ1v) is 26.3. The molecule has 0 radical (unpaired) electrons. The molecule has 3 N–H and O–H groups in total. The van der Waals surface area contributed by atoms with Crippen LogP contribution in [-0.4, -0.2) is 34.9 Å². The fraction of sp³-hybridized carbons (Fsp3) is 0.0156. The molecule has 0 amide bonds. The Labute approximate surface area is 484 Å². The lowest BCUT2D eigenvalue weighted by Crippen LogP contribution is -2.09. The van der Waals surface area contributed by atoms with Gasteiger partial charge in [-0.3, -0.25) is 9.97 Å². The van der Waals surface area contributed by atoms with Crippen LogP contribution in [0, 0.1) is 17.5 Å². The van der Waals surface area contributed by atoms with Crippen LogP contribution < -0.4 is 16.0 Å². The SMILES string of the molecule is Fc1ccc(Cl)cc1-c1cc(Nc2ccnc3ccccc23)c2ccccc2n1.Fc1ccc(Cl)cc1-c1cc(Nc2ccncc2C(F)(F)F)c2ccccc2n1.Fc1ccc(Cl)cc1-c1cc(Nc2ccncn2)c2ccccc2n1. The second kappa shape index (κ2) is 24.2. The Hall–Kier alpha value is -9.74. The maximum Gasteiger partial charge on any atom is 0.419 e. The highest BCUT2D eigenvalue weighted by molar-refractivity contribution is 6.31. The van der Waals surface area contributed by atoms with Crippen molar-refractivity contribution in [3.05, 3.63) is 257 Å². The average Bonchev–Trinajstić information content (AvgIpc) is 3.55. The molecule has 19 heteroatoms. The van der Waals surface area contributed by atoms with Crippen LogP contribution in [0.1, 0.15) is 5.56 Å². The predicted octanol–water partition coefficient (Wildman–Crippen LogP) is 19.1. The van der Waals surface area contributed by atoms with Gasteiger partial charge in [0.1, 0.15) is 29.6 Å². The zero-order chi connectivity index (χ0) is 57.6. The Balaban J connectivity index is 0.000000131. The van der Waals surface area contributed by atoms with Crippen molar-refractivity contribution in [2.24, 2.45) is 0 Å². The van der Waals surface area contributed by atoms with Gasteiger partial charge in [0, 0.05) is 83.8 Å². The number of aromatic nitrogens is 7. The Morgan fingerprint density at radius 2 is 0.759 bits per heavy atom. The van der Waals surface area contributed by atoms with Gasteiger partial charge in [-0.2, -0.15) is 13.2 Å². The highest BCUT2D eigenvalue weighted by atomic mass is 35.5. The fourth-order valence-electron chi connectivity index (χ4n) is 9.06. The molecule has 0 spiro atoms. The number of fused-ring (bicyclic) bond motifs is 4. The first-order valence-electron chi connectivity index (χ1n) is 25.2. The number of hydrogen-bond donors (Lipinski definition) is 3. The summed E-state index contributed by atoms with van der Waals surface area (Å²) in [6.45, 7) is 0. The number of benzene rings is 7. The topological polar surface area (TPSA) is 126 Å². The molecule has 0 saturated carbocycles. The van der Waals surface area contributed by atoms with Gasteiger partial charge in [-0.25, -0.2) is 38.1 Å². The first-order chi connectivity index (χ1) is 40.2. The molecular weight excluding hydrogens is 1130 g/mol. The smallest absolute Gasteiger partial charge is 0.354 e. The van der Waals surface area contributed by atoms with Gasteiger partial charge in [0.05, 0.1) is 67.5 Å². The predicted molar refractivity (Wildman–Crippen MR) is 319 cm³/mol. The largest absolute Gasteiger partial charge is 0.419 e. The van der Waals surface area contributed by atoms with E-state index in [2.05, 4.69) is 50.8 Å². The number of halogens is 9. The molecule has 6 heterocycles. The molecule has 10 nitrogen and oxygen atoms in total. The summed E-state index contributed by atoms with van der Waals surface area (Å²) in [5.74, 6) is -0.635. The highest BCUT2D eigenvalue weighted by Crippen LogP contribution is 2.40. The third-order valence-electron chi connectivity index (χ3n) is 12.9. The second-order valence-electron chi connectivity index (χ2n) is 18.4. The molecule has 83 heavy (non-hydrogen) atoms. The van der Waals surface area contributed by atoms with E-state index >= 15 is 0 Å². The van der Waals surface area contributed by atoms with Crippen LogP contribution in [0.3, 0.4) is 0 Å². The van der Waals surface area contributed by atoms with Gasteiger partial charge in [-0.1, -0.05) is 108 Å². The van der Waals surface area contributed by atoms with Crippen LogP contribution >= 0.6 is 34.8 Å². The molecule has 0 aliphatic heterocycles. The van der Waals surface area contributed by atoms with Crippen LogP contribution in [0.2, 0.25) is 15.1 Å². The van der Waals surface area contributed by atoms with E-state index in [0.717, 1.165) is 56.0 Å². The minimum atomic E-state index is -4.58. The number of anilines is 6. The summed E-state index contributed by atoms with van der Waals surface area (Å²) in [6.07, 6.45) is 2.31. The quantitative estimate of drug-likeness (QED) is 0.120. The van der Waals surface area contributed by atoms with E-state index in [1.807, 2.05) is 84.9 Å². The molecular formula is C64H39Cl3F6N10. The summed E-state index contributed by atoms with van der Waals surface area (Å²) in [7, 11) is 0. The lowest BCUT2D eigenvalue weighted by molar-refractivity contribution is -0.137. The molecule has 13 rings (SSSR count). The number of rotatable bonds is 9. The standard InChI is InChI=1S/C24H15ClFN3.C21H12ClF4N3.C19H12ClFN4/c25-15-9-10-19(26)18(13-15)24-14-23(17-6-2-4-8-21(17)28-24)29-22-11-12-27-20-7-3-1-5-16(20)22;22-12-5-6-16(23)14(9-12)20-10-19(13-3-1-2-4-17(13)28-20)29-18-7-8-27-11-15(18)21(24,25)26;20-12-5-6-15(21)14(9-12)18-10-17(25-19-7-8-22-11-23-19)13-3-1-2-4-16(13)24-18/h1-14H,(H,27,28,29);1-11H,(H,27,28,29);1-11H,(H,22,23,24,25). The van der Waals surface area contributed by atoms with Gasteiger partial charge in [0.25, 0.3) is 0 Å². The first kappa shape index (κ1) is 55.2. The van der Waals surface area contributed by atoms with Gasteiger partial charge in [0.15, 0.2) is 0 Å². The van der Waals surface area contributed by atoms with Crippen LogP contribution in [0.4, 0.5) is 60.6 Å². The molecule has 408 valence electrons. The van der Waals surface area contributed by atoms with Crippen molar-refractivity contribution in [2.75, 3.05) is 16.0 Å². The van der Waals surface area contributed by atoms with Gasteiger partial charge >= 0.3 is 6.18 Å². The number of para-hydroxylation sites is 4. The molecule has 13 aromatic rings. The molecule has 0 bridgehead atoms. The summed E-state index contributed by atoms with van der Waals surface area (Å²) >= 11 is 18.1. The van der Waals surface area contributed by atoms with Gasteiger partial charge in [0.2, 0.25) is 0 Å². The molecule has 0 unspecified atom stereocenters. The molecule has 7 aromatic carbocycles. The average molecular weight is 1170 g/mol. The van der Waals surface area contributed by atoms with Crippen molar-refractivity contribution in [3.8, 4) is 33.8 Å². The van der Waals surface area contributed by atoms with Crippen molar-refractivity contribution in [1.29, 1.82) is 0 Å². The van der Waals surface area contributed by atoms with Crippen LogP contribution in [0.15, 0.2) is 219 Å². The third-order valence-corrected chi connectivity index (χ3v) is 13.6. The second-order valence-corrected chi connectivity index (χ2v) is 19.7. The zero-order valence-corrected chi connectivity index (χ0v) is 45.1. The van der Waals surface area contributed by atoms with E-state index in [9.17, 15) is 26.3 Å². The Morgan fingerprint density at radius 1 is 0.361 bits per heavy atom. The van der Waals surface area contributed by atoms with E-state index in [1.54, 1.807) is 60.9 Å². The van der Waals surface area contributed by atoms with E-state index in [0.29, 0.717) is 60.0 Å². The van der Waals surface area contributed by atoms with Crippen molar-refractivity contribution in [2.45, 2.75) is 6.18 Å². The molecule has 0 atom stereocenters. The number of nitrogens with zero attached hydrogens (tertiary/aromatic N) is 7. The minimum absolute atomic E-state index is 0.150. The molecule has 0 saturated heterocycles. The van der Waals surface area contributed by atoms with Crippen molar-refractivity contribution in [1.82, 2.24) is 34.9 Å². The van der Waals surface area contributed by atoms with Crippen LogP contribution in [0.5, 0.6) is 0 Å². The minimum Gasteiger partial charge on any atom is -0.354 e. The fourth-order valence-corrected chi connectivity index (χ4v) is 9.58. The van der Waals surface area contributed by atoms with Crippen LogP contribution in [0.25, 0.3) is 77.4 Å².